The molecule has 0 radical (unpaired) electrons. The van der Waals surface area contributed by atoms with Crippen LogP contribution in [0.25, 0.3) is 0 Å². The maximum absolute atomic E-state index is 11.8. The van der Waals surface area contributed by atoms with Crippen molar-refractivity contribution in [2.45, 2.75) is 11.8 Å². The Morgan fingerprint density at radius 2 is 2.16 bits per heavy atom. The van der Waals surface area contributed by atoms with Crippen LogP contribution in [0.4, 0.5) is 5.82 Å². The first-order valence-electron chi connectivity index (χ1n) is 5.71. The van der Waals surface area contributed by atoms with Crippen LogP contribution in [0.2, 0.25) is 0 Å². The fourth-order valence-electron chi connectivity index (χ4n) is 1.21. The quantitative estimate of drug-likeness (QED) is 0.641. The van der Waals surface area contributed by atoms with Crippen molar-refractivity contribution < 1.29 is 14.3 Å². The number of hydrogen-bond acceptors (Lipinski definition) is 6. The van der Waals surface area contributed by atoms with E-state index in [4.69, 9.17) is 10.5 Å². The minimum atomic E-state index is -0.462. The highest BCUT2D eigenvalue weighted by Gasteiger charge is 2.15. The minimum Gasteiger partial charge on any atom is -0.462 e. The van der Waals surface area contributed by atoms with Crippen LogP contribution < -0.4 is 5.73 Å². The highest BCUT2D eigenvalue weighted by atomic mass is 32.2. The molecule has 0 aliphatic rings. The highest BCUT2D eigenvalue weighted by Crippen LogP contribution is 2.24. The molecular weight excluding hydrogens is 266 g/mol. The minimum absolute atomic E-state index is 0.0448. The number of nitrogen functional groups attached to an aromatic ring is 1. The van der Waals surface area contributed by atoms with Crippen LogP contribution in [0, 0.1) is 0 Å². The molecule has 104 valence electrons. The summed E-state index contributed by atoms with van der Waals surface area (Å²) >= 11 is 1.24. The summed E-state index contributed by atoms with van der Waals surface area (Å²) in [6, 6.07) is 1.46. The molecule has 0 aromatic carbocycles. The van der Waals surface area contributed by atoms with Crippen LogP contribution in [0.1, 0.15) is 17.3 Å². The van der Waals surface area contributed by atoms with Gasteiger partial charge in [-0.3, -0.25) is 4.79 Å². The number of carbonyl (C=O) groups excluding carboxylic acids is 2. The molecule has 0 aliphatic heterocycles. The van der Waals surface area contributed by atoms with Gasteiger partial charge >= 0.3 is 5.97 Å². The summed E-state index contributed by atoms with van der Waals surface area (Å²) in [7, 11) is 3.35. The van der Waals surface area contributed by atoms with E-state index in [1.54, 1.807) is 21.0 Å². The number of esters is 1. The van der Waals surface area contributed by atoms with Gasteiger partial charge in [0.1, 0.15) is 5.82 Å². The number of ether oxygens (including phenoxy) is 1. The molecule has 1 amide bonds. The predicted octanol–water partition coefficient (Wildman–Crippen LogP) is 1.02. The first-order chi connectivity index (χ1) is 8.95. The molecule has 0 saturated carbocycles. The number of hydrogen-bond donors (Lipinski definition) is 1. The molecule has 6 nitrogen and oxygen atoms in total. The van der Waals surface area contributed by atoms with E-state index in [2.05, 4.69) is 4.98 Å². The van der Waals surface area contributed by atoms with Gasteiger partial charge in [-0.15, -0.1) is 11.8 Å². The highest BCUT2D eigenvalue weighted by molar-refractivity contribution is 8.00. The molecule has 0 bridgehead atoms. The number of carbonyl (C=O) groups is 2. The Labute approximate surface area is 116 Å². The largest absolute Gasteiger partial charge is 0.462 e. The maximum atomic E-state index is 11.8. The molecule has 0 unspecified atom stereocenters. The molecule has 0 atom stereocenters. The van der Waals surface area contributed by atoms with Gasteiger partial charge in [0.2, 0.25) is 5.91 Å². The van der Waals surface area contributed by atoms with E-state index in [1.807, 2.05) is 0 Å². The molecule has 1 rings (SSSR count). The second-order valence-corrected chi connectivity index (χ2v) is 4.92. The Morgan fingerprint density at radius 1 is 1.47 bits per heavy atom. The third-order valence-electron chi connectivity index (χ3n) is 2.23. The van der Waals surface area contributed by atoms with Crippen LogP contribution in [0.3, 0.4) is 0 Å². The second-order valence-electron chi connectivity index (χ2n) is 3.90. The summed E-state index contributed by atoms with van der Waals surface area (Å²) in [5.74, 6) is -0.0373. The summed E-state index contributed by atoms with van der Waals surface area (Å²) in [5, 5.41) is 0. The Balaban J connectivity index is 2.88. The summed E-state index contributed by atoms with van der Waals surface area (Å²) < 4.78 is 4.95. The van der Waals surface area contributed by atoms with Crippen LogP contribution in [0.5, 0.6) is 0 Å². The zero-order chi connectivity index (χ0) is 14.4. The molecule has 2 N–H and O–H groups in total. The second kappa shape index (κ2) is 6.98. The SMILES string of the molecule is CCOC(=O)c1cc(N)ncc1SCC(=O)N(C)C. The molecule has 7 heteroatoms. The normalized spacial score (nSPS) is 10.1. The molecule has 0 aliphatic carbocycles. The Bertz CT molecular complexity index is 477. The molecular formula is C12H17N3O3S. The van der Waals surface area contributed by atoms with E-state index in [0.717, 1.165) is 0 Å². The fourth-order valence-corrected chi connectivity index (χ4v) is 2.17. The average molecular weight is 283 g/mol. The predicted molar refractivity (Wildman–Crippen MR) is 74.0 cm³/mol. The van der Waals surface area contributed by atoms with Crippen molar-refractivity contribution in [2.24, 2.45) is 0 Å². The number of aromatic nitrogens is 1. The summed E-state index contributed by atoms with van der Waals surface area (Å²) in [4.78, 5) is 29.3. The van der Waals surface area contributed by atoms with E-state index in [0.29, 0.717) is 10.5 Å². The van der Waals surface area contributed by atoms with Crippen molar-refractivity contribution in [1.29, 1.82) is 0 Å². The number of anilines is 1. The van der Waals surface area contributed by atoms with E-state index >= 15 is 0 Å². The molecule has 0 saturated heterocycles. The van der Waals surface area contributed by atoms with Crippen molar-refractivity contribution in [3.05, 3.63) is 17.8 Å². The Morgan fingerprint density at radius 3 is 2.74 bits per heavy atom. The number of nitrogens with two attached hydrogens (primary N) is 1. The average Bonchev–Trinajstić information content (AvgIpc) is 2.36. The zero-order valence-corrected chi connectivity index (χ0v) is 12.0. The van der Waals surface area contributed by atoms with Gasteiger partial charge in [-0.1, -0.05) is 0 Å². The lowest BCUT2D eigenvalue weighted by atomic mass is 10.2. The number of thioether (sulfide) groups is 1. The van der Waals surface area contributed by atoms with Crippen LogP contribution >= 0.6 is 11.8 Å². The molecule has 1 aromatic heterocycles. The van der Waals surface area contributed by atoms with Crippen molar-refractivity contribution in [2.75, 3.05) is 32.2 Å². The number of pyridine rings is 1. The van der Waals surface area contributed by atoms with Gasteiger partial charge in [0.05, 0.1) is 17.9 Å². The standard InChI is InChI=1S/C12H17N3O3S/c1-4-18-12(17)8-5-10(13)14-6-9(8)19-7-11(16)15(2)3/h5-6H,4,7H2,1-3H3,(H2,13,14). The number of amides is 1. The van der Waals surface area contributed by atoms with Gasteiger partial charge in [-0.05, 0) is 13.0 Å². The van der Waals surface area contributed by atoms with Gasteiger partial charge in [0.15, 0.2) is 0 Å². The lowest BCUT2D eigenvalue weighted by molar-refractivity contribution is -0.125. The van der Waals surface area contributed by atoms with Gasteiger partial charge in [0, 0.05) is 25.2 Å². The third kappa shape index (κ3) is 4.44. The van der Waals surface area contributed by atoms with Crippen molar-refractivity contribution in [3.8, 4) is 0 Å². The van der Waals surface area contributed by atoms with Crippen LogP contribution in [-0.4, -0.2) is 48.2 Å². The first kappa shape index (κ1) is 15.3. The monoisotopic (exact) mass is 283 g/mol. The summed E-state index contributed by atoms with van der Waals surface area (Å²) in [6.07, 6.45) is 1.48. The lowest BCUT2D eigenvalue weighted by Gasteiger charge is -2.11. The molecule has 0 fully saturated rings. The third-order valence-corrected chi connectivity index (χ3v) is 3.26. The Kier molecular flexibility index (Phi) is 5.62. The van der Waals surface area contributed by atoms with Crippen LogP contribution in [0.15, 0.2) is 17.2 Å². The van der Waals surface area contributed by atoms with Gasteiger partial charge < -0.3 is 15.4 Å². The van der Waals surface area contributed by atoms with Crippen LogP contribution in [-0.2, 0) is 9.53 Å². The lowest BCUT2D eigenvalue weighted by Crippen LogP contribution is -2.23. The molecule has 0 spiro atoms. The first-order valence-corrected chi connectivity index (χ1v) is 6.69. The van der Waals surface area contributed by atoms with Gasteiger partial charge in [0.25, 0.3) is 0 Å². The smallest absolute Gasteiger partial charge is 0.339 e. The van der Waals surface area contributed by atoms with E-state index in [9.17, 15) is 9.59 Å². The Hall–Kier alpha value is -1.76. The van der Waals surface area contributed by atoms with Crippen molar-refractivity contribution >= 4 is 29.5 Å². The fraction of sp³-hybridized carbons (Fsp3) is 0.417. The molecule has 1 heterocycles. The number of nitrogens with zero attached hydrogens (tertiary/aromatic N) is 2. The van der Waals surface area contributed by atoms with Gasteiger partial charge in [-0.2, -0.15) is 0 Å². The molecule has 19 heavy (non-hydrogen) atoms. The topological polar surface area (TPSA) is 85.5 Å². The maximum Gasteiger partial charge on any atom is 0.339 e. The van der Waals surface area contributed by atoms with E-state index < -0.39 is 5.97 Å². The zero-order valence-electron chi connectivity index (χ0n) is 11.2. The van der Waals surface area contributed by atoms with Crippen molar-refractivity contribution in [1.82, 2.24) is 9.88 Å². The molecule has 1 aromatic rings. The number of rotatable bonds is 5. The van der Waals surface area contributed by atoms with E-state index in [1.165, 1.54) is 28.9 Å². The van der Waals surface area contributed by atoms with E-state index in [-0.39, 0.29) is 24.1 Å². The van der Waals surface area contributed by atoms with Crippen molar-refractivity contribution in [3.63, 3.8) is 0 Å². The van der Waals surface area contributed by atoms with Gasteiger partial charge in [-0.25, -0.2) is 9.78 Å². The summed E-state index contributed by atoms with van der Waals surface area (Å²) in [5.41, 5.74) is 5.90. The summed E-state index contributed by atoms with van der Waals surface area (Å²) in [6.45, 7) is 2.01.